The van der Waals surface area contributed by atoms with Crippen LogP contribution in [0, 0.1) is 0 Å². The lowest BCUT2D eigenvalue weighted by atomic mass is 10.1. The van der Waals surface area contributed by atoms with Crippen molar-refractivity contribution in [2.75, 3.05) is 6.54 Å². The van der Waals surface area contributed by atoms with Crippen LogP contribution in [0.2, 0.25) is 5.02 Å². The zero-order valence-corrected chi connectivity index (χ0v) is 19.7. The first-order valence-electron chi connectivity index (χ1n) is 11.3. The molecule has 3 aromatic rings. The van der Waals surface area contributed by atoms with Crippen LogP contribution in [-0.2, 0) is 25.7 Å². The molecule has 6 nitrogen and oxygen atoms in total. The minimum Gasteiger partial charge on any atom is -0.485 e. The number of hydrogen-bond donors (Lipinski definition) is 1. The monoisotopic (exact) mass is 507 g/mol. The number of halogens is 4. The molecular formula is C25H25ClF3N3O3. The fourth-order valence-corrected chi connectivity index (χ4v) is 4.16. The standard InChI is InChI=1S/C25H25ClF3N3O3/c1-2-6-16-7-3-4-8-19(16)34-15-18-11-12-20(35-18)24(33)30-13-5-14-32-22(17-9-10-17)21(26)23(31-32)25(27,28)29/h2-4,7-8,11-12,17H,1,5-6,9-10,13-15H2,(H,30,33). The molecule has 2 aromatic heterocycles. The number of nitrogens with zero attached hydrogens (tertiary/aromatic N) is 2. The van der Waals surface area contributed by atoms with Gasteiger partial charge >= 0.3 is 6.18 Å². The highest BCUT2D eigenvalue weighted by Crippen LogP contribution is 2.46. The van der Waals surface area contributed by atoms with E-state index in [1.807, 2.05) is 24.3 Å². The van der Waals surface area contributed by atoms with Crippen LogP contribution >= 0.6 is 11.6 Å². The molecule has 0 unspecified atom stereocenters. The van der Waals surface area contributed by atoms with Gasteiger partial charge in [-0.15, -0.1) is 6.58 Å². The second-order valence-corrected chi connectivity index (χ2v) is 8.69. The molecule has 1 saturated carbocycles. The van der Waals surface area contributed by atoms with Crippen molar-refractivity contribution in [2.24, 2.45) is 0 Å². The molecule has 0 atom stereocenters. The smallest absolute Gasteiger partial charge is 0.436 e. The van der Waals surface area contributed by atoms with Gasteiger partial charge in [0.1, 0.15) is 18.1 Å². The van der Waals surface area contributed by atoms with Gasteiger partial charge in [-0.25, -0.2) is 0 Å². The molecule has 1 amide bonds. The number of alkyl halides is 3. The van der Waals surface area contributed by atoms with Crippen LogP contribution in [0.25, 0.3) is 0 Å². The van der Waals surface area contributed by atoms with Crippen molar-refractivity contribution < 1.29 is 27.1 Å². The zero-order valence-electron chi connectivity index (χ0n) is 18.9. The molecule has 0 aliphatic heterocycles. The van der Waals surface area contributed by atoms with Crippen LogP contribution in [0.3, 0.4) is 0 Å². The van der Waals surface area contributed by atoms with Gasteiger partial charge in [0.05, 0.1) is 10.7 Å². The van der Waals surface area contributed by atoms with Gasteiger partial charge in [-0.3, -0.25) is 9.48 Å². The molecule has 4 rings (SSSR count). The lowest BCUT2D eigenvalue weighted by Crippen LogP contribution is -2.25. The molecular weight excluding hydrogens is 483 g/mol. The van der Waals surface area contributed by atoms with Gasteiger partial charge in [-0.05, 0) is 49.4 Å². The molecule has 1 fully saturated rings. The molecule has 10 heteroatoms. The van der Waals surface area contributed by atoms with Crippen LogP contribution in [0.4, 0.5) is 13.2 Å². The van der Waals surface area contributed by atoms with E-state index < -0.39 is 17.8 Å². The van der Waals surface area contributed by atoms with E-state index in [-0.39, 0.29) is 36.4 Å². The lowest BCUT2D eigenvalue weighted by molar-refractivity contribution is -0.141. The number of allylic oxidation sites excluding steroid dienone is 1. The number of ether oxygens (including phenoxy) is 1. The molecule has 0 saturated heterocycles. The van der Waals surface area contributed by atoms with Crippen LogP contribution < -0.4 is 10.1 Å². The minimum atomic E-state index is -4.60. The normalized spacial score (nSPS) is 13.6. The fourth-order valence-electron chi connectivity index (χ4n) is 3.76. The summed E-state index contributed by atoms with van der Waals surface area (Å²) in [5, 5.41) is 6.09. The van der Waals surface area contributed by atoms with Crippen molar-refractivity contribution in [1.29, 1.82) is 0 Å². The molecule has 2 heterocycles. The van der Waals surface area contributed by atoms with Gasteiger partial charge in [0, 0.05) is 19.0 Å². The number of carbonyl (C=O) groups is 1. The summed E-state index contributed by atoms with van der Waals surface area (Å²) in [4.78, 5) is 12.4. The second-order valence-electron chi connectivity index (χ2n) is 8.31. The summed E-state index contributed by atoms with van der Waals surface area (Å²) >= 11 is 5.98. The van der Waals surface area contributed by atoms with Gasteiger partial charge in [0.2, 0.25) is 0 Å². The number of carbonyl (C=O) groups excluding carboxylic acids is 1. The van der Waals surface area contributed by atoms with Crippen molar-refractivity contribution in [3.05, 3.63) is 82.5 Å². The van der Waals surface area contributed by atoms with Crippen LogP contribution in [0.5, 0.6) is 5.75 Å². The third-order valence-corrected chi connectivity index (χ3v) is 5.96. The average molecular weight is 508 g/mol. The van der Waals surface area contributed by atoms with Crippen molar-refractivity contribution in [1.82, 2.24) is 15.1 Å². The summed E-state index contributed by atoms with van der Waals surface area (Å²) in [7, 11) is 0. The number of amides is 1. The van der Waals surface area contributed by atoms with Gasteiger partial charge in [-0.2, -0.15) is 18.3 Å². The van der Waals surface area contributed by atoms with Gasteiger partial charge in [0.15, 0.2) is 11.5 Å². The van der Waals surface area contributed by atoms with Crippen LogP contribution in [0.15, 0.2) is 53.5 Å². The Hall–Kier alpha value is -3.20. The van der Waals surface area contributed by atoms with Gasteiger partial charge in [0.25, 0.3) is 5.91 Å². The number of benzene rings is 1. The van der Waals surface area contributed by atoms with Crippen molar-refractivity contribution in [3.63, 3.8) is 0 Å². The second kappa shape index (κ2) is 10.6. The van der Waals surface area contributed by atoms with E-state index in [1.165, 1.54) is 4.68 Å². The highest BCUT2D eigenvalue weighted by Gasteiger charge is 2.41. The van der Waals surface area contributed by atoms with E-state index in [1.54, 1.807) is 18.2 Å². The first-order chi connectivity index (χ1) is 16.8. The summed E-state index contributed by atoms with van der Waals surface area (Å²) < 4.78 is 52.2. The van der Waals surface area contributed by atoms with Crippen molar-refractivity contribution in [2.45, 2.75) is 50.9 Å². The Labute approximate surface area is 205 Å². The molecule has 0 radical (unpaired) electrons. The average Bonchev–Trinajstić information content (AvgIpc) is 3.43. The molecule has 35 heavy (non-hydrogen) atoms. The number of aryl methyl sites for hydroxylation is 1. The Morgan fingerprint density at radius 3 is 2.77 bits per heavy atom. The molecule has 1 N–H and O–H groups in total. The van der Waals surface area contributed by atoms with E-state index in [0.717, 1.165) is 18.4 Å². The Morgan fingerprint density at radius 2 is 2.06 bits per heavy atom. The number of nitrogens with one attached hydrogen (secondary N) is 1. The lowest BCUT2D eigenvalue weighted by Gasteiger charge is -2.09. The number of para-hydroxylation sites is 1. The number of hydrogen-bond acceptors (Lipinski definition) is 4. The topological polar surface area (TPSA) is 69.3 Å². The molecule has 1 aliphatic carbocycles. The fraction of sp³-hybridized carbons (Fsp3) is 0.360. The number of rotatable bonds is 11. The van der Waals surface area contributed by atoms with E-state index in [9.17, 15) is 18.0 Å². The maximum Gasteiger partial charge on any atom is 0.436 e. The van der Waals surface area contributed by atoms with Gasteiger partial charge < -0.3 is 14.5 Å². The minimum absolute atomic E-state index is 0.00758. The first-order valence-corrected chi connectivity index (χ1v) is 11.7. The Bertz CT molecular complexity index is 1200. The summed E-state index contributed by atoms with van der Waals surface area (Å²) in [5.41, 5.74) is 0.371. The number of aromatic nitrogens is 2. The first kappa shape index (κ1) is 24.9. The summed E-state index contributed by atoms with van der Waals surface area (Å²) in [5.74, 6) is 0.924. The molecule has 186 valence electrons. The third-order valence-electron chi connectivity index (χ3n) is 5.59. The largest absolute Gasteiger partial charge is 0.485 e. The highest BCUT2D eigenvalue weighted by atomic mass is 35.5. The number of furan rings is 1. The molecule has 1 aliphatic rings. The summed E-state index contributed by atoms with van der Waals surface area (Å²) in [6, 6.07) is 10.8. The molecule has 0 spiro atoms. The maximum absolute atomic E-state index is 13.2. The van der Waals surface area contributed by atoms with E-state index >= 15 is 0 Å². The Kier molecular flexibility index (Phi) is 7.54. The quantitative estimate of drug-likeness (QED) is 0.249. The summed E-state index contributed by atoms with van der Waals surface area (Å²) in [6.07, 6.45) is -0.160. The van der Waals surface area contributed by atoms with E-state index in [2.05, 4.69) is 17.0 Å². The van der Waals surface area contributed by atoms with Crippen LogP contribution in [0.1, 0.15) is 58.4 Å². The van der Waals surface area contributed by atoms with E-state index in [4.69, 9.17) is 20.8 Å². The molecule has 1 aromatic carbocycles. The SMILES string of the molecule is C=CCc1ccccc1OCc1ccc(C(=O)NCCCn2nc(C(F)(F)F)c(Cl)c2C2CC2)o1. The van der Waals surface area contributed by atoms with Gasteiger partial charge in [-0.1, -0.05) is 35.9 Å². The Morgan fingerprint density at radius 1 is 1.29 bits per heavy atom. The van der Waals surface area contributed by atoms with Crippen molar-refractivity contribution >= 4 is 17.5 Å². The summed E-state index contributed by atoms with van der Waals surface area (Å²) in [6.45, 7) is 4.35. The van der Waals surface area contributed by atoms with E-state index in [0.29, 0.717) is 30.0 Å². The zero-order chi connectivity index (χ0) is 25.0. The molecule has 0 bridgehead atoms. The maximum atomic E-state index is 13.2. The third kappa shape index (κ3) is 6.08. The van der Waals surface area contributed by atoms with Crippen molar-refractivity contribution in [3.8, 4) is 5.75 Å². The Balaban J connectivity index is 1.28. The predicted octanol–water partition coefficient (Wildman–Crippen LogP) is 6.15. The predicted molar refractivity (Wildman–Crippen MR) is 125 cm³/mol. The highest BCUT2D eigenvalue weighted by molar-refractivity contribution is 6.32. The van der Waals surface area contributed by atoms with Crippen LogP contribution in [-0.4, -0.2) is 22.2 Å².